The van der Waals surface area contributed by atoms with E-state index in [9.17, 15) is 9.59 Å². The number of carbonyl (C=O) groups excluding carboxylic acids is 2. The number of ether oxygens (including phenoxy) is 1. The predicted molar refractivity (Wildman–Crippen MR) is 107 cm³/mol. The Morgan fingerprint density at radius 3 is 2.41 bits per heavy atom. The Kier molecular flexibility index (Phi) is 7.86. The van der Waals surface area contributed by atoms with Gasteiger partial charge in [0, 0.05) is 26.6 Å². The van der Waals surface area contributed by atoms with Crippen LogP contribution in [-0.4, -0.2) is 43.5 Å². The molecule has 2 aromatic rings. The van der Waals surface area contributed by atoms with E-state index >= 15 is 0 Å². The fourth-order valence-electron chi connectivity index (χ4n) is 2.88. The van der Waals surface area contributed by atoms with E-state index in [1.54, 1.807) is 18.9 Å². The van der Waals surface area contributed by atoms with E-state index in [0.29, 0.717) is 32.5 Å². The molecule has 5 heteroatoms. The zero-order chi connectivity index (χ0) is 19.6. The van der Waals surface area contributed by atoms with Crippen LogP contribution in [0.15, 0.2) is 48.5 Å². The van der Waals surface area contributed by atoms with Crippen molar-refractivity contribution in [2.75, 3.05) is 26.7 Å². The average Bonchev–Trinajstić information content (AvgIpc) is 2.66. The van der Waals surface area contributed by atoms with Gasteiger partial charge in [0.25, 0.3) is 0 Å². The van der Waals surface area contributed by atoms with Crippen molar-refractivity contribution in [2.24, 2.45) is 0 Å². The molecule has 2 rings (SSSR count). The molecule has 0 aliphatic rings. The molecule has 0 unspecified atom stereocenters. The van der Waals surface area contributed by atoms with Gasteiger partial charge < -0.3 is 15.0 Å². The molecule has 0 heterocycles. The highest BCUT2D eigenvalue weighted by Crippen LogP contribution is 2.18. The van der Waals surface area contributed by atoms with E-state index in [-0.39, 0.29) is 11.8 Å². The van der Waals surface area contributed by atoms with Gasteiger partial charge in [0.15, 0.2) is 0 Å². The second-order valence-corrected chi connectivity index (χ2v) is 6.58. The maximum Gasteiger partial charge on any atom is 0.224 e. The molecule has 0 saturated heterocycles. The van der Waals surface area contributed by atoms with Gasteiger partial charge in [-0.15, -0.1) is 0 Å². The molecule has 0 aromatic heterocycles. The van der Waals surface area contributed by atoms with Gasteiger partial charge in [-0.05, 0) is 30.5 Å². The molecular formula is C22H28N2O3. The van der Waals surface area contributed by atoms with Gasteiger partial charge in [-0.2, -0.15) is 0 Å². The molecule has 27 heavy (non-hydrogen) atoms. The number of nitrogens with one attached hydrogen (secondary N) is 1. The SMILES string of the molecule is COc1ccccc1CCN(CCNC(=O)Cc1ccc(C)cc1)C(C)=O. The zero-order valence-corrected chi connectivity index (χ0v) is 16.3. The van der Waals surface area contributed by atoms with Crippen molar-refractivity contribution in [3.8, 4) is 5.75 Å². The van der Waals surface area contributed by atoms with Crippen molar-refractivity contribution in [1.82, 2.24) is 10.2 Å². The van der Waals surface area contributed by atoms with Crippen molar-refractivity contribution >= 4 is 11.8 Å². The number of nitrogens with zero attached hydrogens (tertiary/aromatic N) is 1. The number of rotatable bonds is 9. The van der Waals surface area contributed by atoms with Gasteiger partial charge >= 0.3 is 0 Å². The number of benzene rings is 2. The Labute approximate surface area is 161 Å². The normalized spacial score (nSPS) is 10.3. The lowest BCUT2D eigenvalue weighted by atomic mass is 10.1. The average molecular weight is 368 g/mol. The summed E-state index contributed by atoms with van der Waals surface area (Å²) in [5, 5.41) is 2.89. The second-order valence-electron chi connectivity index (χ2n) is 6.58. The van der Waals surface area contributed by atoms with Crippen molar-refractivity contribution in [1.29, 1.82) is 0 Å². The molecule has 0 spiro atoms. The highest BCUT2D eigenvalue weighted by atomic mass is 16.5. The Morgan fingerprint density at radius 2 is 1.74 bits per heavy atom. The van der Waals surface area contributed by atoms with Gasteiger partial charge in [0.1, 0.15) is 5.75 Å². The third kappa shape index (κ3) is 6.77. The fourth-order valence-corrected chi connectivity index (χ4v) is 2.88. The summed E-state index contributed by atoms with van der Waals surface area (Å²) in [5.74, 6) is 0.789. The molecule has 144 valence electrons. The molecule has 0 aliphatic carbocycles. The van der Waals surface area contributed by atoms with Crippen LogP contribution in [0.2, 0.25) is 0 Å². The van der Waals surface area contributed by atoms with Crippen LogP contribution in [0.3, 0.4) is 0 Å². The number of para-hydroxylation sites is 1. The fraction of sp³-hybridized carbons (Fsp3) is 0.364. The summed E-state index contributed by atoms with van der Waals surface area (Å²) in [7, 11) is 1.64. The lowest BCUT2D eigenvalue weighted by Crippen LogP contribution is -2.39. The number of methoxy groups -OCH3 is 1. The third-order valence-electron chi connectivity index (χ3n) is 4.48. The van der Waals surface area contributed by atoms with Crippen LogP contribution in [0.5, 0.6) is 5.75 Å². The van der Waals surface area contributed by atoms with Crippen molar-refractivity contribution < 1.29 is 14.3 Å². The molecule has 0 bridgehead atoms. The molecule has 0 fully saturated rings. The van der Waals surface area contributed by atoms with Crippen LogP contribution in [0.25, 0.3) is 0 Å². The lowest BCUT2D eigenvalue weighted by molar-refractivity contribution is -0.129. The van der Waals surface area contributed by atoms with Crippen molar-refractivity contribution in [2.45, 2.75) is 26.7 Å². The molecule has 0 aliphatic heterocycles. The first-order chi connectivity index (χ1) is 13.0. The first-order valence-electron chi connectivity index (χ1n) is 9.19. The smallest absolute Gasteiger partial charge is 0.224 e. The standard InChI is InChI=1S/C22H28N2O3/c1-17-8-10-19(11-9-17)16-22(26)23-13-15-24(18(2)25)14-12-20-6-4-5-7-21(20)27-3/h4-11H,12-16H2,1-3H3,(H,23,26). The Hall–Kier alpha value is -2.82. The van der Waals surface area contributed by atoms with Crippen LogP contribution in [0.4, 0.5) is 0 Å². The predicted octanol–water partition coefficient (Wildman–Crippen LogP) is 2.75. The number of aryl methyl sites for hydroxylation is 1. The molecule has 0 atom stereocenters. The Morgan fingerprint density at radius 1 is 1.04 bits per heavy atom. The molecule has 2 aromatic carbocycles. The molecule has 5 nitrogen and oxygen atoms in total. The van der Waals surface area contributed by atoms with Crippen molar-refractivity contribution in [3.63, 3.8) is 0 Å². The van der Waals surface area contributed by atoms with Crippen LogP contribution < -0.4 is 10.1 Å². The summed E-state index contributed by atoms with van der Waals surface area (Å²) < 4.78 is 5.35. The third-order valence-corrected chi connectivity index (χ3v) is 4.48. The highest BCUT2D eigenvalue weighted by Gasteiger charge is 2.11. The maximum atomic E-state index is 12.1. The van der Waals surface area contributed by atoms with E-state index in [0.717, 1.165) is 16.9 Å². The maximum absolute atomic E-state index is 12.1. The summed E-state index contributed by atoms with van der Waals surface area (Å²) in [5.41, 5.74) is 3.22. The summed E-state index contributed by atoms with van der Waals surface area (Å²) in [4.78, 5) is 25.7. The van der Waals surface area contributed by atoms with Crippen LogP contribution >= 0.6 is 0 Å². The molecular weight excluding hydrogens is 340 g/mol. The Balaban J connectivity index is 1.79. The van der Waals surface area contributed by atoms with Crippen molar-refractivity contribution in [3.05, 3.63) is 65.2 Å². The van der Waals surface area contributed by atoms with E-state index < -0.39 is 0 Å². The molecule has 0 radical (unpaired) electrons. The topological polar surface area (TPSA) is 58.6 Å². The monoisotopic (exact) mass is 368 g/mol. The number of hydrogen-bond acceptors (Lipinski definition) is 3. The van der Waals surface area contributed by atoms with E-state index in [1.165, 1.54) is 5.56 Å². The minimum atomic E-state index is -0.0351. The second kappa shape index (κ2) is 10.4. The largest absolute Gasteiger partial charge is 0.496 e. The summed E-state index contributed by atoms with van der Waals surface area (Å²) in [6, 6.07) is 15.7. The Bertz CT molecular complexity index is 756. The summed E-state index contributed by atoms with van der Waals surface area (Å²) in [6.07, 6.45) is 1.06. The van der Waals surface area contributed by atoms with Crippen LogP contribution in [0, 0.1) is 6.92 Å². The number of carbonyl (C=O) groups is 2. The van der Waals surface area contributed by atoms with Gasteiger partial charge in [-0.25, -0.2) is 0 Å². The van der Waals surface area contributed by atoms with Crippen LogP contribution in [0.1, 0.15) is 23.6 Å². The number of hydrogen-bond donors (Lipinski definition) is 1. The number of amides is 2. The van der Waals surface area contributed by atoms with Gasteiger partial charge in [-0.1, -0.05) is 48.0 Å². The minimum absolute atomic E-state index is 0.00215. The molecule has 1 N–H and O–H groups in total. The quantitative estimate of drug-likeness (QED) is 0.740. The minimum Gasteiger partial charge on any atom is -0.496 e. The summed E-state index contributed by atoms with van der Waals surface area (Å²) >= 11 is 0. The van der Waals surface area contributed by atoms with Gasteiger partial charge in [-0.3, -0.25) is 9.59 Å². The molecule has 2 amide bonds. The van der Waals surface area contributed by atoms with E-state index in [4.69, 9.17) is 4.74 Å². The summed E-state index contributed by atoms with van der Waals surface area (Å²) in [6.45, 7) is 5.09. The van der Waals surface area contributed by atoms with E-state index in [1.807, 2.05) is 55.5 Å². The zero-order valence-electron chi connectivity index (χ0n) is 16.3. The van der Waals surface area contributed by atoms with Crippen LogP contribution in [-0.2, 0) is 22.4 Å². The first-order valence-corrected chi connectivity index (χ1v) is 9.19. The van der Waals surface area contributed by atoms with E-state index in [2.05, 4.69) is 5.32 Å². The van der Waals surface area contributed by atoms with Gasteiger partial charge in [0.05, 0.1) is 13.5 Å². The lowest BCUT2D eigenvalue weighted by Gasteiger charge is -2.22. The highest BCUT2D eigenvalue weighted by molar-refractivity contribution is 5.78. The first kappa shape index (κ1) is 20.5. The molecule has 0 saturated carbocycles. The van der Waals surface area contributed by atoms with Gasteiger partial charge in [0.2, 0.25) is 11.8 Å².